The van der Waals surface area contributed by atoms with Gasteiger partial charge >= 0.3 is 0 Å². The number of methoxy groups -OCH3 is 1. The summed E-state index contributed by atoms with van der Waals surface area (Å²) in [6, 6.07) is 12.5. The second kappa shape index (κ2) is 3.54. The van der Waals surface area contributed by atoms with Gasteiger partial charge in [-0.1, -0.05) is 12.1 Å². The van der Waals surface area contributed by atoms with Gasteiger partial charge in [0.25, 0.3) is 0 Å². The zero-order valence-corrected chi connectivity index (χ0v) is 9.41. The maximum absolute atomic E-state index is 5.15. The highest BCUT2D eigenvalue weighted by Crippen LogP contribution is 2.22. The Morgan fingerprint density at radius 1 is 1.00 bits per heavy atom. The minimum atomic E-state index is 0.911. The van der Waals surface area contributed by atoms with Crippen molar-refractivity contribution in [3.8, 4) is 5.75 Å². The summed E-state index contributed by atoms with van der Waals surface area (Å²) >= 11 is 2.31. The fraction of sp³-hybridized carbons (Fsp3) is 0.0909. The molecule has 2 aromatic carbocycles. The van der Waals surface area contributed by atoms with E-state index in [9.17, 15) is 0 Å². The molecule has 2 aromatic rings. The molecule has 0 spiro atoms. The van der Waals surface area contributed by atoms with Crippen LogP contribution in [-0.2, 0) is 0 Å². The first-order valence-corrected chi connectivity index (χ1v) is 5.11. The molecule has 0 aliphatic heterocycles. The van der Waals surface area contributed by atoms with Crippen LogP contribution in [0.2, 0.25) is 0 Å². The van der Waals surface area contributed by atoms with Crippen molar-refractivity contribution in [3.63, 3.8) is 0 Å². The van der Waals surface area contributed by atoms with Gasteiger partial charge in [-0.2, -0.15) is 0 Å². The first-order chi connectivity index (χ1) is 6.29. The van der Waals surface area contributed by atoms with Crippen molar-refractivity contribution in [2.45, 2.75) is 0 Å². The number of halogens is 1. The lowest BCUT2D eigenvalue weighted by Gasteiger charge is -2.02. The monoisotopic (exact) mass is 284 g/mol. The standard InChI is InChI=1S/C11H9IO/c1-13-11-5-3-8-6-10(12)4-2-9(8)7-11/h2-7H,1H3. The molecule has 0 heterocycles. The molecule has 1 nitrogen and oxygen atoms in total. The average Bonchev–Trinajstić information content (AvgIpc) is 2.17. The van der Waals surface area contributed by atoms with E-state index in [-0.39, 0.29) is 0 Å². The Kier molecular flexibility index (Phi) is 2.40. The predicted octanol–water partition coefficient (Wildman–Crippen LogP) is 3.45. The molecule has 66 valence electrons. The van der Waals surface area contributed by atoms with Gasteiger partial charge in [-0.05, 0) is 57.6 Å². The van der Waals surface area contributed by atoms with Crippen molar-refractivity contribution in [1.82, 2.24) is 0 Å². The van der Waals surface area contributed by atoms with E-state index in [1.165, 1.54) is 14.3 Å². The van der Waals surface area contributed by atoms with Crippen molar-refractivity contribution in [2.24, 2.45) is 0 Å². The molecule has 0 fully saturated rings. The van der Waals surface area contributed by atoms with Crippen LogP contribution in [0.4, 0.5) is 0 Å². The number of benzene rings is 2. The molecule has 0 radical (unpaired) electrons. The zero-order chi connectivity index (χ0) is 9.26. The molecule has 0 bridgehead atoms. The number of hydrogen-bond donors (Lipinski definition) is 0. The molecular formula is C11H9IO. The molecule has 0 N–H and O–H groups in total. The summed E-state index contributed by atoms with van der Waals surface area (Å²) in [6.07, 6.45) is 0. The fourth-order valence-corrected chi connectivity index (χ4v) is 1.84. The molecule has 0 amide bonds. The summed E-state index contributed by atoms with van der Waals surface area (Å²) < 4.78 is 6.41. The van der Waals surface area contributed by atoms with E-state index in [2.05, 4.69) is 46.9 Å². The molecule has 2 rings (SSSR count). The van der Waals surface area contributed by atoms with E-state index < -0.39 is 0 Å². The summed E-state index contributed by atoms with van der Waals surface area (Å²) in [5, 5.41) is 2.48. The Balaban J connectivity index is 2.66. The Morgan fingerprint density at radius 2 is 1.69 bits per heavy atom. The van der Waals surface area contributed by atoms with Crippen LogP contribution in [0.1, 0.15) is 0 Å². The summed E-state index contributed by atoms with van der Waals surface area (Å²) in [5.41, 5.74) is 0. The van der Waals surface area contributed by atoms with E-state index in [1.54, 1.807) is 7.11 Å². The molecule has 0 aromatic heterocycles. The summed E-state index contributed by atoms with van der Waals surface area (Å²) in [7, 11) is 1.69. The van der Waals surface area contributed by atoms with Crippen molar-refractivity contribution in [1.29, 1.82) is 0 Å². The largest absolute Gasteiger partial charge is 0.497 e. The molecule has 0 atom stereocenters. The second-order valence-corrected chi connectivity index (χ2v) is 4.10. The summed E-state index contributed by atoms with van der Waals surface area (Å²) in [6.45, 7) is 0. The topological polar surface area (TPSA) is 9.23 Å². The lowest BCUT2D eigenvalue weighted by molar-refractivity contribution is 0.415. The van der Waals surface area contributed by atoms with E-state index in [0.29, 0.717) is 0 Å². The lowest BCUT2D eigenvalue weighted by atomic mass is 10.1. The van der Waals surface area contributed by atoms with Crippen LogP contribution < -0.4 is 4.74 Å². The lowest BCUT2D eigenvalue weighted by Crippen LogP contribution is -1.82. The number of fused-ring (bicyclic) bond motifs is 1. The third kappa shape index (κ3) is 1.77. The van der Waals surface area contributed by atoms with Crippen LogP contribution in [0.5, 0.6) is 5.75 Å². The van der Waals surface area contributed by atoms with Gasteiger partial charge in [-0.15, -0.1) is 0 Å². The van der Waals surface area contributed by atoms with Crippen LogP contribution in [0.3, 0.4) is 0 Å². The van der Waals surface area contributed by atoms with E-state index in [1.807, 2.05) is 12.1 Å². The van der Waals surface area contributed by atoms with Crippen molar-refractivity contribution in [3.05, 3.63) is 40.0 Å². The van der Waals surface area contributed by atoms with Gasteiger partial charge in [-0.25, -0.2) is 0 Å². The van der Waals surface area contributed by atoms with Gasteiger partial charge < -0.3 is 4.74 Å². The molecular weight excluding hydrogens is 275 g/mol. The quantitative estimate of drug-likeness (QED) is 0.729. The normalized spacial score (nSPS) is 10.3. The van der Waals surface area contributed by atoms with E-state index in [4.69, 9.17) is 4.74 Å². The minimum absolute atomic E-state index is 0.911. The molecule has 2 heteroatoms. The van der Waals surface area contributed by atoms with E-state index in [0.717, 1.165) is 5.75 Å². The van der Waals surface area contributed by atoms with Gasteiger partial charge in [0.15, 0.2) is 0 Å². The van der Waals surface area contributed by atoms with Crippen LogP contribution in [0.25, 0.3) is 10.8 Å². The van der Waals surface area contributed by atoms with Crippen LogP contribution >= 0.6 is 22.6 Å². The fourth-order valence-electron chi connectivity index (χ4n) is 1.32. The first kappa shape index (κ1) is 8.81. The number of rotatable bonds is 1. The van der Waals surface area contributed by atoms with Crippen LogP contribution in [0, 0.1) is 3.57 Å². The third-order valence-corrected chi connectivity index (χ3v) is 2.68. The van der Waals surface area contributed by atoms with Crippen molar-refractivity contribution >= 4 is 33.4 Å². The maximum Gasteiger partial charge on any atom is 0.119 e. The SMILES string of the molecule is COc1ccc2cc(I)ccc2c1. The Labute approximate surface area is 90.9 Å². The third-order valence-electron chi connectivity index (χ3n) is 2.01. The number of hydrogen-bond acceptors (Lipinski definition) is 1. The van der Waals surface area contributed by atoms with Crippen molar-refractivity contribution < 1.29 is 4.74 Å². The zero-order valence-electron chi connectivity index (χ0n) is 7.25. The van der Waals surface area contributed by atoms with E-state index >= 15 is 0 Å². The Bertz CT molecular complexity index is 437. The predicted molar refractivity (Wildman–Crippen MR) is 63.2 cm³/mol. The van der Waals surface area contributed by atoms with Crippen molar-refractivity contribution in [2.75, 3.05) is 7.11 Å². The van der Waals surface area contributed by atoms with Crippen LogP contribution in [0.15, 0.2) is 36.4 Å². The highest BCUT2D eigenvalue weighted by molar-refractivity contribution is 14.1. The smallest absolute Gasteiger partial charge is 0.119 e. The first-order valence-electron chi connectivity index (χ1n) is 4.03. The van der Waals surface area contributed by atoms with Gasteiger partial charge in [0.2, 0.25) is 0 Å². The second-order valence-electron chi connectivity index (χ2n) is 2.86. The Hall–Kier alpha value is -0.770. The highest BCUT2D eigenvalue weighted by Gasteiger charge is 1.96. The van der Waals surface area contributed by atoms with Crippen LogP contribution in [-0.4, -0.2) is 7.11 Å². The molecule has 0 unspecified atom stereocenters. The van der Waals surface area contributed by atoms with Gasteiger partial charge in [-0.3, -0.25) is 0 Å². The molecule has 0 aliphatic rings. The average molecular weight is 284 g/mol. The Morgan fingerprint density at radius 3 is 2.46 bits per heavy atom. The van der Waals surface area contributed by atoms with Gasteiger partial charge in [0.05, 0.1) is 7.11 Å². The molecule has 0 saturated heterocycles. The van der Waals surface area contributed by atoms with Gasteiger partial charge in [0.1, 0.15) is 5.75 Å². The highest BCUT2D eigenvalue weighted by atomic mass is 127. The molecule has 0 aliphatic carbocycles. The molecule has 13 heavy (non-hydrogen) atoms. The maximum atomic E-state index is 5.15. The van der Waals surface area contributed by atoms with Gasteiger partial charge in [0, 0.05) is 3.57 Å². The molecule has 0 saturated carbocycles. The summed E-state index contributed by atoms with van der Waals surface area (Å²) in [4.78, 5) is 0. The minimum Gasteiger partial charge on any atom is -0.497 e. The summed E-state index contributed by atoms with van der Waals surface area (Å²) in [5.74, 6) is 0.911. The number of ether oxygens (including phenoxy) is 1.